The number of halogens is 1. The fourth-order valence-electron chi connectivity index (χ4n) is 2.87. The molecule has 0 aliphatic carbocycles. The number of benzene rings is 1. The molecule has 146 valence electrons. The molecule has 1 aliphatic heterocycles. The highest BCUT2D eigenvalue weighted by Crippen LogP contribution is 2.32. The molecule has 0 radical (unpaired) electrons. The van der Waals surface area contributed by atoms with Crippen LogP contribution in [0.2, 0.25) is 0 Å². The summed E-state index contributed by atoms with van der Waals surface area (Å²) in [6.45, 7) is 5.63. The van der Waals surface area contributed by atoms with E-state index in [1.54, 1.807) is 13.8 Å². The van der Waals surface area contributed by atoms with E-state index < -0.39 is 22.0 Å². The standard InChI is InChI=1S/C17H25N3O4S.ClH/c1-4-5-6-13(10-18)19-16(21)12-7-8-14-15(9-12)25(23,24)20(11(2)3)17(14)22;/h7-9,11,13H,4-6,10,18H2,1-3H3,(H,19,21);1H. The van der Waals surface area contributed by atoms with Crippen LogP contribution in [0.1, 0.15) is 60.7 Å². The predicted molar refractivity (Wildman–Crippen MR) is 102 cm³/mol. The van der Waals surface area contributed by atoms with Crippen LogP contribution in [-0.4, -0.2) is 43.2 Å². The first kappa shape index (κ1) is 22.4. The molecule has 9 heteroatoms. The Morgan fingerprint density at radius 2 is 1.96 bits per heavy atom. The molecule has 0 aromatic heterocycles. The lowest BCUT2D eigenvalue weighted by Crippen LogP contribution is -2.40. The van der Waals surface area contributed by atoms with Crippen LogP contribution >= 0.6 is 12.4 Å². The van der Waals surface area contributed by atoms with Gasteiger partial charge in [-0.25, -0.2) is 12.7 Å². The van der Waals surface area contributed by atoms with E-state index in [-0.39, 0.29) is 40.4 Å². The van der Waals surface area contributed by atoms with E-state index in [4.69, 9.17) is 5.73 Å². The van der Waals surface area contributed by atoms with Gasteiger partial charge in [-0.1, -0.05) is 19.8 Å². The summed E-state index contributed by atoms with van der Waals surface area (Å²) >= 11 is 0. The molecular weight excluding hydrogens is 378 g/mol. The SMILES string of the molecule is CCCCC(CN)NC(=O)c1ccc2c(c1)S(=O)(=O)N(C(C)C)C2=O.Cl. The molecule has 0 saturated heterocycles. The zero-order valence-electron chi connectivity index (χ0n) is 15.2. The van der Waals surface area contributed by atoms with Gasteiger partial charge in [-0.2, -0.15) is 0 Å². The minimum Gasteiger partial charge on any atom is -0.348 e. The topological polar surface area (TPSA) is 110 Å². The largest absolute Gasteiger partial charge is 0.348 e. The third-order valence-corrected chi connectivity index (χ3v) is 6.21. The second-order valence-electron chi connectivity index (χ2n) is 6.46. The van der Waals surface area contributed by atoms with E-state index in [9.17, 15) is 18.0 Å². The smallest absolute Gasteiger partial charge is 0.269 e. The van der Waals surface area contributed by atoms with Crippen LogP contribution in [0.25, 0.3) is 0 Å². The fraction of sp³-hybridized carbons (Fsp3) is 0.529. The summed E-state index contributed by atoms with van der Waals surface area (Å²) in [5, 5.41) is 2.82. The van der Waals surface area contributed by atoms with Crippen LogP contribution < -0.4 is 11.1 Å². The van der Waals surface area contributed by atoms with Crippen molar-refractivity contribution >= 4 is 34.2 Å². The predicted octanol–water partition coefficient (Wildman–Crippen LogP) is 1.91. The molecule has 0 bridgehead atoms. The summed E-state index contributed by atoms with van der Waals surface area (Å²) in [6, 6.07) is 3.49. The lowest BCUT2D eigenvalue weighted by molar-refractivity contribution is 0.0845. The first-order valence-electron chi connectivity index (χ1n) is 8.47. The van der Waals surface area contributed by atoms with Crippen molar-refractivity contribution in [1.29, 1.82) is 0 Å². The molecule has 1 aromatic rings. The first-order valence-corrected chi connectivity index (χ1v) is 9.91. The molecule has 26 heavy (non-hydrogen) atoms. The van der Waals surface area contributed by atoms with Gasteiger partial charge < -0.3 is 11.1 Å². The quantitative estimate of drug-likeness (QED) is 0.722. The number of hydrogen-bond donors (Lipinski definition) is 2. The summed E-state index contributed by atoms with van der Waals surface area (Å²) < 4.78 is 26.0. The third kappa shape index (κ3) is 4.19. The maximum absolute atomic E-state index is 12.6. The zero-order valence-corrected chi connectivity index (χ0v) is 16.8. The van der Waals surface area contributed by atoms with Gasteiger partial charge in [0.15, 0.2) is 0 Å². The van der Waals surface area contributed by atoms with Crippen LogP contribution in [0.3, 0.4) is 0 Å². The van der Waals surface area contributed by atoms with E-state index in [1.165, 1.54) is 18.2 Å². The van der Waals surface area contributed by atoms with E-state index in [0.717, 1.165) is 23.6 Å². The Morgan fingerprint density at radius 3 is 2.50 bits per heavy atom. The molecule has 2 amide bonds. The lowest BCUT2D eigenvalue weighted by atomic mass is 10.1. The molecular formula is C17H26ClN3O4S. The van der Waals surface area contributed by atoms with Crippen molar-refractivity contribution in [3.8, 4) is 0 Å². The van der Waals surface area contributed by atoms with Crippen LogP contribution in [0, 0.1) is 0 Å². The second-order valence-corrected chi connectivity index (χ2v) is 8.24. The molecule has 0 spiro atoms. The van der Waals surface area contributed by atoms with E-state index in [2.05, 4.69) is 12.2 Å². The molecule has 1 aromatic carbocycles. The van der Waals surface area contributed by atoms with Gasteiger partial charge in [0, 0.05) is 24.2 Å². The highest BCUT2D eigenvalue weighted by molar-refractivity contribution is 7.90. The molecule has 2 rings (SSSR count). The number of fused-ring (bicyclic) bond motifs is 1. The number of sulfonamides is 1. The highest BCUT2D eigenvalue weighted by Gasteiger charge is 2.42. The summed E-state index contributed by atoms with van der Waals surface area (Å²) in [4.78, 5) is 24.6. The van der Waals surface area contributed by atoms with Crippen LogP contribution in [-0.2, 0) is 10.0 Å². The number of amides is 2. The summed E-state index contributed by atoms with van der Waals surface area (Å²) in [5.41, 5.74) is 5.99. The molecule has 1 unspecified atom stereocenters. The van der Waals surface area contributed by atoms with Crippen molar-refractivity contribution in [2.45, 2.75) is 57.0 Å². The average molecular weight is 404 g/mol. The Kier molecular flexibility index (Phi) is 7.61. The Labute approximate surface area is 160 Å². The van der Waals surface area contributed by atoms with Gasteiger partial charge in [-0.05, 0) is 38.5 Å². The third-order valence-electron chi connectivity index (χ3n) is 4.21. The molecule has 1 atom stereocenters. The molecule has 7 nitrogen and oxygen atoms in total. The summed E-state index contributed by atoms with van der Waals surface area (Å²) in [5.74, 6) is -0.945. The van der Waals surface area contributed by atoms with Gasteiger partial charge in [0.25, 0.3) is 21.8 Å². The number of rotatable bonds is 7. The Morgan fingerprint density at radius 1 is 1.31 bits per heavy atom. The monoisotopic (exact) mass is 403 g/mol. The maximum Gasteiger partial charge on any atom is 0.269 e. The Hall–Kier alpha value is -1.64. The normalized spacial score (nSPS) is 16.2. The minimum absolute atomic E-state index is 0. The minimum atomic E-state index is -3.92. The highest BCUT2D eigenvalue weighted by atomic mass is 35.5. The van der Waals surface area contributed by atoms with Gasteiger partial charge in [-0.15, -0.1) is 12.4 Å². The van der Waals surface area contributed by atoms with Gasteiger partial charge in [0.2, 0.25) is 0 Å². The van der Waals surface area contributed by atoms with Crippen molar-refractivity contribution in [1.82, 2.24) is 9.62 Å². The lowest BCUT2D eigenvalue weighted by Gasteiger charge is -2.19. The van der Waals surface area contributed by atoms with Crippen LogP contribution in [0.4, 0.5) is 0 Å². The second kappa shape index (κ2) is 8.83. The molecule has 0 saturated carbocycles. The summed E-state index contributed by atoms with van der Waals surface area (Å²) in [7, 11) is -3.92. The first-order chi connectivity index (χ1) is 11.7. The maximum atomic E-state index is 12.6. The number of unbranched alkanes of at least 4 members (excludes halogenated alkanes) is 1. The van der Waals surface area contributed by atoms with E-state index in [0.29, 0.717) is 6.54 Å². The van der Waals surface area contributed by atoms with Crippen molar-refractivity contribution in [2.75, 3.05) is 6.54 Å². The Bertz CT molecular complexity index is 780. The van der Waals surface area contributed by atoms with Gasteiger partial charge in [0.05, 0.1) is 5.56 Å². The van der Waals surface area contributed by atoms with Crippen LogP contribution in [0.5, 0.6) is 0 Å². The van der Waals surface area contributed by atoms with Crippen molar-refractivity contribution in [3.63, 3.8) is 0 Å². The van der Waals surface area contributed by atoms with E-state index >= 15 is 0 Å². The number of nitrogens with zero attached hydrogens (tertiary/aromatic N) is 1. The zero-order chi connectivity index (χ0) is 18.8. The van der Waals surface area contributed by atoms with E-state index in [1.807, 2.05) is 0 Å². The summed E-state index contributed by atoms with van der Waals surface area (Å²) in [6.07, 6.45) is 2.71. The molecule has 3 N–H and O–H groups in total. The molecule has 0 fully saturated rings. The number of nitrogens with two attached hydrogens (primary N) is 1. The number of carbonyl (C=O) groups excluding carboxylic acids is 2. The van der Waals surface area contributed by atoms with Gasteiger partial charge >= 0.3 is 0 Å². The van der Waals surface area contributed by atoms with Gasteiger partial charge in [-0.3, -0.25) is 9.59 Å². The van der Waals surface area contributed by atoms with Crippen LogP contribution in [0.15, 0.2) is 23.1 Å². The molecule has 1 heterocycles. The van der Waals surface area contributed by atoms with Crippen molar-refractivity contribution < 1.29 is 18.0 Å². The number of hydrogen-bond acceptors (Lipinski definition) is 5. The Balaban J connectivity index is 0.00000338. The molecule has 1 aliphatic rings. The number of nitrogens with one attached hydrogen (secondary N) is 1. The fourth-order valence-corrected chi connectivity index (χ4v) is 4.66. The van der Waals surface area contributed by atoms with Gasteiger partial charge in [0.1, 0.15) is 4.90 Å². The van der Waals surface area contributed by atoms with Crippen molar-refractivity contribution in [2.24, 2.45) is 5.73 Å². The van der Waals surface area contributed by atoms with Crippen molar-refractivity contribution in [3.05, 3.63) is 29.3 Å². The average Bonchev–Trinajstić information content (AvgIpc) is 2.77. The number of carbonyl (C=O) groups is 2.